The number of nitrogens with zero attached hydrogens (tertiary/aromatic N) is 1. The van der Waals surface area contributed by atoms with Gasteiger partial charge in [-0.3, -0.25) is 4.21 Å². The van der Waals surface area contributed by atoms with E-state index in [-0.39, 0.29) is 32.7 Å². The molecule has 0 saturated carbocycles. The number of aryl methyl sites for hydroxylation is 1. The molecule has 0 aromatic carbocycles. The van der Waals surface area contributed by atoms with E-state index >= 15 is 0 Å². The van der Waals surface area contributed by atoms with Crippen LogP contribution in [0.2, 0.25) is 0 Å². The van der Waals surface area contributed by atoms with Crippen molar-refractivity contribution in [3.63, 3.8) is 0 Å². The second-order valence-electron chi connectivity index (χ2n) is 2.93. The van der Waals surface area contributed by atoms with Crippen LogP contribution in [0, 0.1) is 6.20 Å². The maximum absolute atomic E-state index is 11.2. The summed E-state index contributed by atoms with van der Waals surface area (Å²) in [4.78, 5) is 3.85. The summed E-state index contributed by atoms with van der Waals surface area (Å²) >= 11 is 0. The molecule has 0 aliphatic carbocycles. The van der Waals surface area contributed by atoms with Gasteiger partial charge >= 0.3 is 0 Å². The maximum atomic E-state index is 11.2. The van der Waals surface area contributed by atoms with Gasteiger partial charge < -0.3 is 4.98 Å². The molecule has 0 saturated heterocycles. The fourth-order valence-electron chi connectivity index (χ4n) is 0.832. The van der Waals surface area contributed by atoms with Crippen LogP contribution < -0.4 is 0 Å². The predicted molar refractivity (Wildman–Crippen MR) is 52.8 cm³/mol. The van der Waals surface area contributed by atoms with Gasteiger partial charge in [-0.1, -0.05) is 12.4 Å². The third-order valence-electron chi connectivity index (χ3n) is 1.50. The molecule has 1 unspecified atom stereocenters. The van der Waals surface area contributed by atoms with Crippen LogP contribution in [0.15, 0.2) is 18.3 Å². The summed E-state index contributed by atoms with van der Waals surface area (Å²) in [6.07, 6.45) is 6.89. The fraction of sp³-hybridized carbons (Fsp3) is 0.333. The Kier molecular flexibility index (Phi) is 6.01. The van der Waals surface area contributed by atoms with E-state index in [1.807, 2.05) is 6.07 Å². The number of hydrogen-bond acceptors (Lipinski definition) is 2. The first-order chi connectivity index (χ1) is 5.58. The van der Waals surface area contributed by atoms with Crippen molar-refractivity contribution in [2.75, 3.05) is 12.0 Å². The van der Waals surface area contributed by atoms with Gasteiger partial charge in [0.15, 0.2) is 0 Å². The van der Waals surface area contributed by atoms with Crippen molar-refractivity contribution in [3.05, 3.63) is 30.1 Å². The van der Waals surface area contributed by atoms with E-state index in [2.05, 4.69) is 17.1 Å². The summed E-state index contributed by atoms with van der Waals surface area (Å²) in [5.41, 5.74) is 1.09. The SMILES string of the molecule is C=S(C)(=O)CCc1cc[c-]nc1.[Y]. The summed E-state index contributed by atoms with van der Waals surface area (Å²) in [6.45, 7) is 0. The van der Waals surface area contributed by atoms with Crippen LogP contribution in [0.1, 0.15) is 5.56 Å². The van der Waals surface area contributed by atoms with E-state index in [1.165, 1.54) is 0 Å². The molecule has 1 aromatic rings. The van der Waals surface area contributed by atoms with Crippen molar-refractivity contribution >= 4 is 15.4 Å². The van der Waals surface area contributed by atoms with Crippen molar-refractivity contribution in [1.82, 2.24) is 4.98 Å². The Balaban J connectivity index is 0.00000144. The summed E-state index contributed by atoms with van der Waals surface area (Å²) in [5, 5.41) is 0. The molecule has 0 N–H and O–H groups in total. The standard InChI is InChI=1S/C9H12NOS.Y/c1-12(2,11)7-5-9-4-3-6-10-8-9;/h3-4,8H,1,5,7H2,2H3;/q-1;. The van der Waals surface area contributed by atoms with Gasteiger partial charge in [-0.2, -0.15) is 12.1 Å². The second-order valence-corrected chi connectivity index (χ2v) is 5.71. The van der Waals surface area contributed by atoms with Gasteiger partial charge in [0.25, 0.3) is 0 Å². The predicted octanol–water partition coefficient (Wildman–Crippen LogP) is 0.768. The molecule has 4 heteroatoms. The second kappa shape index (κ2) is 5.89. The van der Waals surface area contributed by atoms with Crippen LogP contribution in [0.5, 0.6) is 0 Å². The van der Waals surface area contributed by atoms with Crippen LogP contribution in [0.3, 0.4) is 0 Å². The van der Waals surface area contributed by atoms with Crippen LogP contribution >= 0.6 is 0 Å². The van der Waals surface area contributed by atoms with Gasteiger partial charge in [0, 0.05) is 44.7 Å². The molecular formula is C9H12NOSY-. The first kappa shape index (κ1) is 13.3. The smallest absolute Gasteiger partial charge is 0.0177 e. The van der Waals surface area contributed by atoms with E-state index in [1.54, 1.807) is 18.5 Å². The summed E-state index contributed by atoms with van der Waals surface area (Å²) in [7, 11) is -1.86. The molecule has 1 atom stereocenters. The molecule has 0 amide bonds. The molecule has 1 rings (SSSR count). The monoisotopic (exact) mass is 271 g/mol. The first-order valence-electron chi connectivity index (χ1n) is 3.69. The Labute approximate surface area is 105 Å². The summed E-state index contributed by atoms with van der Waals surface area (Å²) in [6, 6.07) is 3.69. The molecule has 0 aliphatic rings. The molecular weight excluding hydrogens is 259 g/mol. The normalized spacial score (nSPS) is 14.2. The first-order valence-corrected chi connectivity index (χ1v) is 5.99. The molecule has 0 fully saturated rings. The average Bonchev–Trinajstić information content (AvgIpc) is 2.02. The minimum absolute atomic E-state index is 0. The molecule has 0 spiro atoms. The van der Waals surface area contributed by atoms with Gasteiger partial charge in [-0.25, -0.2) is 0 Å². The summed E-state index contributed by atoms with van der Waals surface area (Å²) < 4.78 is 11.2. The van der Waals surface area contributed by atoms with E-state index in [9.17, 15) is 4.21 Å². The number of pyridine rings is 1. The fourth-order valence-corrected chi connectivity index (χ4v) is 1.50. The van der Waals surface area contributed by atoms with Crippen LogP contribution in [0.25, 0.3) is 0 Å². The van der Waals surface area contributed by atoms with E-state index < -0.39 is 9.52 Å². The maximum Gasteiger partial charge on any atom is 0.0177 e. The van der Waals surface area contributed by atoms with Crippen molar-refractivity contribution in [2.24, 2.45) is 0 Å². The Morgan fingerprint density at radius 3 is 2.85 bits per heavy atom. The average molecular weight is 271 g/mol. The Morgan fingerprint density at radius 1 is 1.69 bits per heavy atom. The van der Waals surface area contributed by atoms with Gasteiger partial charge in [0.05, 0.1) is 0 Å². The zero-order valence-electron chi connectivity index (χ0n) is 7.69. The van der Waals surface area contributed by atoms with Gasteiger partial charge in [-0.05, 0) is 21.8 Å². The number of rotatable bonds is 3. The van der Waals surface area contributed by atoms with Crippen molar-refractivity contribution in [2.45, 2.75) is 6.42 Å². The zero-order valence-corrected chi connectivity index (χ0v) is 11.3. The third kappa shape index (κ3) is 6.36. The molecule has 1 aromatic heterocycles. The van der Waals surface area contributed by atoms with Crippen LogP contribution in [-0.2, 0) is 48.7 Å². The van der Waals surface area contributed by atoms with Crippen molar-refractivity contribution in [3.8, 4) is 0 Å². The van der Waals surface area contributed by atoms with Gasteiger partial charge in [-0.15, -0.1) is 5.56 Å². The van der Waals surface area contributed by atoms with E-state index in [0.29, 0.717) is 5.75 Å². The Bertz CT molecular complexity index is 334. The molecule has 69 valence electrons. The van der Waals surface area contributed by atoms with Crippen molar-refractivity contribution in [1.29, 1.82) is 0 Å². The van der Waals surface area contributed by atoms with Crippen molar-refractivity contribution < 1.29 is 36.9 Å². The Hall–Kier alpha value is 0.274. The number of hydrogen-bond donors (Lipinski definition) is 0. The van der Waals surface area contributed by atoms with Crippen LogP contribution in [0.4, 0.5) is 0 Å². The van der Waals surface area contributed by atoms with E-state index in [4.69, 9.17) is 0 Å². The molecule has 0 aliphatic heterocycles. The third-order valence-corrected chi connectivity index (χ3v) is 2.57. The largest absolute Gasteiger partial charge is 0.394 e. The topological polar surface area (TPSA) is 30.0 Å². The molecule has 1 heterocycles. The minimum atomic E-state index is -1.86. The van der Waals surface area contributed by atoms with Gasteiger partial charge in [0.2, 0.25) is 0 Å². The molecule has 2 nitrogen and oxygen atoms in total. The Morgan fingerprint density at radius 2 is 2.38 bits per heavy atom. The quantitative estimate of drug-likeness (QED) is 0.600. The van der Waals surface area contributed by atoms with Crippen LogP contribution in [-0.4, -0.2) is 27.1 Å². The minimum Gasteiger partial charge on any atom is -0.394 e. The van der Waals surface area contributed by atoms with Gasteiger partial charge in [0.1, 0.15) is 0 Å². The molecule has 0 bridgehead atoms. The number of aromatic nitrogens is 1. The summed E-state index contributed by atoms with van der Waals surface area (Å²) in [5.74, 6) is 4.21. The zero-order chi connectivity index (χ0) is 9.03. The molecule has 13 heavy (non-hydrogen) atoms. The van der Waals surface area contributed by atoms with E-state index in [0.717, 1.165) is 12.0 Å². The molecule has 1 radical (unpaired) electrons.